The Hall–Kier alpha value is -2.98. The summed E-state index contributed by atoms with van der Waals surface area (Å²) in [5.74, 6) is -0.202. The Morgan fingerprint density at radius 1 is 0.840 bits per heavy atom. The van der Waals surface area contributed by atoms with Gasteiger partial charge in [-0.05, 0) is 46.5 Å². The Morgan fingerprint density at radius 3 is 2.24 bits per heavy atom. The zero-order chi connectivity index (χ0) is 17.1. The van der Waals surface area contributed by atoms with Crippen LogP contribution in [-0.4, -0.2) is 9.97 Å². The summed E-state index contributed by atoms with van der Waals surface area (Å²) in [4.78, 5) is 7.47. The van der Waals surface area contributed by atoms with Gasteiger partial charge in [0.15, 0.2) is 0 Å². The van der Waals surface area contributed by atoms with E-state index in [1.54, 1.807) is 12.1 Å². The van der Waals surface area contributed by atoms with E-state index in [-0.39, 0.29) is 5.82 Å². The Kier molecular flexibility index (Phi) is 4.27. The van der Waals surface area contributed by atoms with Crippen LogP contribution in [0, 0.1) is 5.82 Å². The molecule has 3 nitrogen and oxygen atoms in total. The van der Waals surface area contributed by atoms with Crippen LogP contribution in [0.4, 0.5) is 4.39 Å². The largest absolute Gasteiger partial charge is 0.346 e. The number of fused-ring (bicyclic) bond motifs is 1. The molecule has 0 aliphatic heterocycles. The first-order chi connectivity index (χ1) is 12.3. The number of pyridine rings is 1. The summed E-state index contributed by atoms with van der Waals surface area (Å²) in [7, 11) is 0. The summed E-state index contributed by atoms with van der Waals surface area (Å²) in [5, 5.41) is 4.51. The van der Waals surface area contributed by atoms with Crippen molar-refractivity contribution in [1.29, 1.82) is 0 Å². The van der Waals surface area contributed by atoms with Gasteiger partial charge in [0.1, 0.15) is 11.5 Å². The Balaban J connectivity index is 1.43. The van der Waals surface area contributed by atoms with E-state index in [4.69, 9.17) is 0 Å². The SMILES string of the molecule is Fc1ccc(CNCc2ccc(-c3ccnc4[nH]ccc34)cc2)cc1. The molecule has 0 unspecified atom stereocenters. The smallest absolute Gasteiger partial charge is 0.137 e. The molecule has 0 radical (unpaired) electrons. The van der Waals surface area contributed by atoms with E-state index in [1.807, 2.05) is 18.5 Å². The minimum atomic E-state index is -0.202. The summed E-state index contributed by atoms with van der Waals surface area (Å²) in [6.45, 7) is 1.49. The zero-order valence-corrected chi connectivity index (χ0v) is 13.7. The van der Waals surface area contributed by atoms with Crippen molar-refractivity contribution in [2.45, 2.75) is 13.1 Å². The van der Waals surface area contributed by atoms with Crippen molar-refractivity contribution < 1.29 is 4.39 Å². The van der Waals surface area contributed by atoms with Crippen LogP contribution in [0.25, 0.3) is 22.2 Å². The van der Waals surface area contributed by atoms with Crippen molar-refractivity contribution >= 4 is 11.0 Å². The highest BCUT2D eigenvalue weighted by molar-refractivity contribution is 5.92. The molecule has 0 aliphatic carbocycles. The van der Waals surface area contributed by atoms with Gasteiger partial charge in [-0.2, -0.15) is 0 Å². The third kappa shape index (κ3) is 3.44. The molecule has 2 aromatic heterocycles. The molecule has 2 heterocycles. The average Bonchev–Trinajstić information content (AvgIpc) is 3.13. The van der Waals surface area contributed by atoms with E-state index in [0.717, 1.165) is 29.7 Å². The molecule has 0 atom stereocenters. The fraction of sp³-hybridized carbons (Fsp3) is 0.0952. The van der Waals surface area contributed by atoms with Crippen molar-refractivity contribution in [3.05, 3.63) is 90.0 Å². The fourth-order valence-corrected chi connectivity index (χ4v) is 2.97. The molecule has 124 valence electrons. The van der Waals surface area contributed by atoms with Crippen molar-refractivity contribution in [2.75, 3.05) is 0 Å². The normalized spacial score (nSPS) is 11.1. The maximum absolute atomic E-state index is 12.9. The molecule has 0 fully saturated rings. The van der Waals surface area contributed by atoms with Crippen LogP contribution in [0.15, 0.2) is 73.1 Å². The molecule has 25 heavy (non-hydrogen) atoms. The summed E-state index contributed by atoms with van der Waals surface area (Å²) in [6.07, 6.45) is 3.74. The first-order valence-electron chi connectivity index (χ1n) is 8.26. The van der Waals surface area contributed by atoms with Crippen molar-refractivity contribution in [3.63, 3.8) is 0 Å². The number of hydrogen-bond acceptors (Lipinski definition) is 2. The van der Waals surface area contributed by atoms with E-state index < -0.39 is 0 Å². The molecule has 4 heteroatoms. The molecule has 2 aromatic carbocycles. The maximum atomic E-state index is 12.9. The summed E-state index contributed by atoms with van der Waals surface area (Å²) < 4.78 is 12.9. The third-order valence-corrected chi connectivity index (χ3v) is 4.30. The molecule has 2 N–H and O–H groups in total. The predicted molar refractivity (Wildman–Crippen MR) is 98.5 cm³/mol. The molecular weight excluding hydrogens is 313 g/mol. The standard InChI is InChI=1S/C21H18FN3/c22-18-7-3-16(4-8-18)14-23-13-15-1-5-17(6-2-15)19-9-11-24-21-20(19)10-12-25-21/h1-12,23H,13-14H2,(H,24,25). The van der Waals surface area contributed by atoms with Crippen LogP contribution in [0.2, 0.25) is 0 Å². The lowest BCUT2D eigenvalue weighted by atomic mass is 10.0. The van der Waals surface area contributed by atoms with Crippen LogP contribution in [-0.2, 0) is 13.1 Å². The van der Waals surface area contributed by atoms with Crippen LogP contribution < -0.4 is 5.32 Å². The lowest BCUT2D eigenvalue weighted by molar-refractivity contribution is 0.625. The van der Waals surface area contributed by atoms with Crippen molar-refractivity contribution in [1.82, 2.24) is 15.3 Å². The minimum Gasteiger partial charge on any atom is -0.346 e. The minimum absolute atomic E-state index is 0.202. The molecule has 0 spiro atoms. The highest BCUT2D eigenvalue weighted by Crippen LogP contribution is 2.27. The topological polar surface area (TPSA) is 40.7 Å². The molecule has 0 amide bonds. The highest BCUT2D eigenvalue weighted by atomic mass is 19.1. The van der Waals surface area contributed by atoms with Gasteiger partial charge in [0.2, 0.25) is 0 Å². The number of rotatable bonds is 5. The number of nitrogens with one attached hydrogen (secondary N) is 2. The molecule has 4 rings (SSSR count). The van der Waals surface area contributed by atoms with Crippen LogP contribution in [0.5, 0.6) is 0 Å². The van der Waals surface area contributed by atoms with Gasteiger partial charge in [-0.15, -0.1) is 0 Å². The third-order valence-electron chi connectivity index (χ3n) is 4.30. The van der Waals surface area contributed by atoms with E-state index in [9.17, 15) is 4.39 Å². The second-order valence-electron chi connectivity index (χ2n) is 6.03. The Bertz CT molecular complexity index is 972. The summed E-state index contributed by atoms with van der Waals surface area (Å²) in [5.41, 5.74) is 5.55. The predicted octanol–water partition coefficient (Wildman–Crippen LogP) is 4.66. The van der Waals surface area contributed by atoms with Crippen LogP contribution in [0.3, 0.4) is 0 Å². The highest BCUT2D eigenvalue weighted by Gasteiger charge is 2.05. The van der Waals surface area contributed by atoms with Gasteiger partial charge >= 0.3 is 0 Å². The number of aromatic amines is 1. The van der Waals surface area contributed by atoms with Gasteiger partial charge in [0, 0.05) is 30.9 Å². The summed E-state index contributed by atoms with van der Waals surface area (Å²) >= 11 is 0. The molecular formula is C21H18FN3. The number of nitrogens with zero attached hydrogens (tertiary/aromatic N) is 1. The van der Waals surface area contributed by atoms with Crippen molar-refractivity contribution in [3.8, 4) is 11.1 Å². The summed E-state index contributed by atoms with van der Waals surface area (Å²) in [6, 6.07) is 19.2. The molecule has 0 bridgehead atoms. The van der Waals surface area contributed by atoms with E-state index in [2.05, 4.69) is 45.6 Å². The zero-order valence-electron chi connectivity index (χ0n) is 13.7. The molecule has 4 aromatic rings. The quantitative estimate of drug-likeness (QED) is 0.558. The van der Waals surface area contributed by atoms with Gasteiger partial charge in [-0.1, -0.05) is 36.4 Å². The van der Waals surface area contributed by atoms with E-state index >= 15 is 0 Å². The molecule has 0 aliphatic rings. The van der Waals surface area contributed by atoms with Gasteiger partial charge in [-0.3, -0.25) is 0 Å². The Morgan fingerprint density at radius 2 is 1.52 bits per heavy atom. The van der Waals surface area contributed by atoms with Crippen LogP contribution >= 0.6 is 0 Å². The lowest BCUT2D eigenvalue weighted by Crippen LogP contribution is -2.12. The van der Waals surface area contributed by atoms with Gasteiger partial charge < -0.3 is 10.3 Å². The average molecular weight is 331 g/mol. The van der Waals surface area contributed by atoms with E-state index in [0.29, 0.717) is 0 Å². The Labute approximate surface area is 145 Å². The lowest BCUT2D eigenvalue weighted by Gasteiger charge is -2.07. The number of halogens is 1. The van der Waals surface area contributed by atoms with E-state index in [1.165, 1.54) is 28.8 Å². The molecule has 0 saturated carbocycles. The fourth-order valence-electron chi connectivity index (χ4n) is 2.97. The van der Waals surface area contributed by atoms with Crippen molar-refractivity contribution in [2.24, 2.45) is 0 Å². The monoisotopic (exact) mass is 331 g/mol. The second-order valence-corrected chi connectivity index (χ2v) is 6.03. The maximum Gasteiger partial charge on any atom is 0.137 e. The number of H-pyrrole nitrogens is 1. The first-order valence-corrected chi connectivity index (χ1v) is 8.26. The second kappa shape index (κ2) is 6.87. The van der Waals surface area contributed by atoms with Gasteiger partial charge in [0.25, 0.3) is 0 Å². The number of hydrogen-bond donors (Lipinski definition) is 2. The van der Waals surface area contributed by atoms with Gasteiger partial charge in [0.05, 0.1) is 0 Å². The molecule has 0 saturated heterocycles. The van der Waals surface area contributed by atoms with Gasteiger partial charge in [-0.25, -0.2) is 9.37 Å². The number of aromatic nitrogens is 2. The van der Waals surface area contributed by atoms with Crippen LogP contribution in [0.1, 0.15) is 11.1 Å². The first kappa shape index (κ1) is 15.5. The number of benzene rings is 2.